The van der Waals surface area contributed by atoms with Crippen molar-refractivity contribution in [2.45, 2.75) is 48.4 Å². The van der Waals surface area contributed by atoms with Crippen molar-refractivity contribution in [1.29, 1.82) is 0 Å². The molecule has 0 unspecified atom stereocenters. The Kier molecular flexibility index (Phi) is 5.49. The maximum Gasteiger partial charge on any atom is 0.330 e. The number of benzene rings is 2. The summed E-state index contributed by atoms with van der Waals surface area (Å²) in [5.74, 6) is 1.41. The fraction of sp³-hybridized carbons (Fsp3) is 0.269. The van der Waals surface area contributed by atoms with Crippen molar-refractivity contribution in [3.63, 3.8) is 0 Å². The first-order chi connectivity index (χ1) is 17.1. The third-order valence-corrected chi connectivity index (χ3v) is 7.29. The average molecular weight is 486 g/mol. The Hall–Kier alpha value is -3.72. The lowest BCUT2D eigenvalue weighted by Crippen LogP contribution is -2.31. The molecular weight excluding hydrogens is 462 g/mol. The first-order valence-corrected chi connectivity index (χ1v) is 12.7. The Morgan fingerprint density at radius 1 is 1.00 bits per heavy atom. The quantitative estimate of drug-likeness (QED) is 0.299. The first-order valence-electron chi connectivity index (χ1n) is 11.7. The van der Waals surface area contributed by atoms with E-state index in [1.165, 1.54) is 11.8 Å². The summed E-state index contributed by atoms with van der Waals surface area (Å²) in [7, 11) is 0. The molecule has 1 amide bonds. The number of rotatable bonds is 7. The van der Waals surface area contributed by atoms with Crippen LogP contribution in [0.1, 0.15) is 59.4 Å². The van der Waals surface area contributed by atoms with Gasteiger partial charge in [-0.1, -0.05) is 30.3 Å². The highest BCUT2D eigenvalue weighted by molar-refractivity contribution is 7.98. The SMILES string of the molecule is O=C(Nc1ccccc1)c1ccc(CSc2nc(C3CC3)nc3c2c(=O)[nH]c(=O)n3C2CC2)cc1. The molecule has 176 valence electrons. The lowest BCUT2D eigenvalue weighted by molar-refractivity contribution is 0.102. The molecule has 0 saturated heterocycles. The predicted molar refractivity (Wildman–Crippen MR) is 135 cm³/mol. The monoisotopic (exact) mass is 485 g/mol. The second-order valence-corrected chi connectivity index (χ2v) is 9.99. The number of aromatic nitrogens is 4. The number of amides is 1. The predicted octanol–water partition coefficient (Wildman–Crippen LogP) is 4.24. The van der Waals surface area contributed by atoms with Crippen LogP contribution in [-0.4, -0.2) is 25.4 Å². The molecule has 6 rings (SSSR count). The van der Waals surface area contributed by atoms with Crippen molar-refractivity contribution in [3.8, 4) is 0 Å². The molecule has 4 aromatic rings. The Morgan fingerprint density at radius 3 is 2.43 bits per heavy atom. The van der Waals surface area contributed by atoms with E-state index >= 15 is 0 Å². The Morgan fingerprint density at radius 2 is 1.74 bits per heavy atom. The van der Waals surface area contributed by atoms with Gasteiger partial charge in [-0.3, -0.25) is 19.1 Å². The van der Waals surface area contributed by atoms with Gasteiger partial charge in [0.05, 0.1) is 0 Å². The van der Waals surface area contributed by atoms with E-state index in [-0.39, 0.29) is 11.9 Å². The summed E-state index contributed by atoms with van der Waals surface area (Å²) in [6.07, 6.45) is 3.88. The van der Waals surface area contributed by atoms with Crippen LogP contribution < -0.4 is 16.6 Å². The van der Waals surface area contributed by atoms with Gasteiger partial charge in [-0.05, 0) is 55.5 Å². The molecule has 2 aliphatic carbocycles. The van der Waals surface area contributed by atoms with E-state index < -0.39 is 11.2 Å². The minimum atomic E-state index is -0.445. The third-order valence-electron chi connectivity index (χ3n) is 6.25. The second kappa shape index (κ2) is 8.81. The molecule has 2 aromatic carbocycles. The van der Waals surface area contributed by atoms with E-state index in [2.05, 4.69) is 15.3 Å². The molecule has 2 aromatic heterocycles. The van der Waals surface area contributed by atoms with E-state index in [0.717, 1.165) is 36.9 Å². The molecule has 2 saturated carbocycles. The Balaban J connectivity index is 1.26. The number of thioether (sulfide) groups is 1. The van der Waals surface area contributed by atoms with Gasteiger partial charge in [0.15, 0.2) is 5.65 Å². The van der Waals surface area contributed by atoms with Crippen molar-refractivity contribution in [3.05, 3.63) is 92.4 Å². The number of hydrogen-bond acceptors (Lipinski definition) is 6. The van der Waals surface area contributed by atoms with Gasteiger partial charge in [0.25, 0.3) is 11.5 Å². The molecular formula is C26H23N5O3S. The zero-order valence-electron chi connectivity index (χ0n) is 18.9. The summed E-state index contributed by atoms with van der Waals surface area (Å²) in [4.78, 5) is 49.7. The minimum absolute atomic E-state index is 0.0937. The number of nitrogens with one attached hydrogen (secondary N) is 2. The number of aromatic amines is 1. The number of hydrogen-bond donors (Lipinski definition) is 2. The largest absolute Gasteiger partial charge is 0.330 e. The fourth-order valence-corrected chi connectivity index (χ4v) is 5.05. The molecule has 2 N–H and O–H groups in total. The summed E-state index contributed by atoms with van der Waals surface area (Å²) >= 11 is 1.45. The van der Waals surface area contributed by atoms with Crippen LogP contribution in [-0.2, 0) is 5.75 Å². The van der Waals surface area contributed by atoms with Crippen LogP contribution in [0, 0.1) is 0 Å². The van der Waals surface area contributed by atoms with Gasteiger partial charge in [0.1, 0.15) is 16.2 Å². The topological polar surface area (TPSA) is 110 Å². The van der Waals surface area contributed by atoms with E-state index in [0.29, 0.717) is 39.1 Å². The molecule has 0 aliphatic heterocycles. The molecule has 35 heavy (non-hydrogen) atoms. The molecule has 0 radical (unpaired) electrons. The van der Waals surface area contributed by atoms with Crippen molar-refractivity contribution in [1.82, 2.24) is 19.5 Å². The standard InChI is InChI=1S/C26H23N5O3S/c32-23(27-18-4-2-1-3-5-18)17-8-6-15(7-9-17)14-35-25-20-22(28-21(29-25)16-10-11-16)31(19-12-13-19)26(34)30-24(20)33/h1-9,16,19H,10-14H2,(H,27,32)(H,30,33,34). The molecule has 0 bridgehead atoms. The summed E-state index contributed by atoms with van der Waals surface area (Å²) in [5.41, 5.74) is 1.92. The Bertz CT molecular complexity index is 1540. The first kappa shape index (κ1) is 21.8. The number of carbonyl (C=O) groups is 1. The molecule has 8 nitrogen and oxygen atoms in total. The van der Waals surface area contributed by atoms with E-state index in [9.17, 15) is 14.4 Å². The van der Waals surface area contributed by atoms with Gasteiger partial charge in [-0.15, -0.1) is 11.8 Å². The van der Waals surface area contributed by atoms with Crippen LogP contribution in [0.25, 0.3) is 11.0 Å². The molecule has 2 fully saturated rings. The lowest BCUT2D eigenvalue weighted by Gasteiger charge is -2.12. The molecule has 0 atom stereocenters. The van der Waals surface area contributed by atoms with Gasteiger partial charge in [-0.2, -0.15) is 0 Å². The second-order valence-electron chi connectivity index (χ2n) is 9.03. The van der Waals surface area contributed by atoms with Crippen LogP contribution in [0.2, 0.25) is 0 Å². The number of H-pyrrole nitrogens is 1. The maximum absolute atomic E-state index is 12.8. The highest BCUT2D eigenvalue weighted by Gasteiger charge is 2.32. The number of carbonyl (C=O) groups excluding carboxylic acids is 1. The number of para-hydroxylation sites is 1. The van der Waals surface area contributed by atoms with Crippen LogP contribution in [0.5, 0.6) is 0 Å². The zero-order chi connectivity index (χ0) is 23.9. The van der Waals surface area contributed by atoms with E-state index in [1.807, 2.05) is 42.5 Å². The normalized spacial score (nSPS) is 15.3. The van der Waals surface area contributed by atoms with Gasteiger partial charge in [-0.25, -0.2) is 14.8 Å². The summed E-state index contributed by atoms with van der Waals surface area (Å²) in [6.45, 7) is 0. The average Bonchev–Trinajstić information content (AvgIpc) is 3.77. The summed E-state index contributed by atoms with van der Waals surface area (Å²) in [6, 6.07) is 16.8. The van der Waals surface area contributed by atoms with Gasteiger partial charge >= 0.3 is 5.69 Å². The number of anilines is 1. The van der Waals surface area contributed by atoms with Gasteiger partial charge < -0.3 is 5.32 Å². The lowest BCUT2D eigenvalue weighted by atomic mass is 10.1. The molecule has 2 aliphatic rings. The van der Waals surface area contributed by atoms with Crippen molar-refractivity contribution in [2.24, 2.45) is 0 Å². The third kappa shape index (κ3) is 4.51. The van der Waals surface area contributed by atoms with Crippen molar-refractivity contribution < 1.29 is 4.79 Å². The maximum atomic E-state index is 12.8. The number of nitrogens with zero attached hydrogens (tertiary/aromatic N) is 3. The molecule has 9 heteroatoms. The minimum Gasteiger partial charge on any atom is -0.322 e. The van der Waals surface area contributed by atoms with Crippen molar-refractivity contribution >= 4 is 34.4 Å². The van der Waals surface area contributed by atoms with Crippen LogP contribution in [0.4, 0.5) is 5.69 Å². The molecule has 2 heterocycles. The summed E-state index contributed by atoms with van der Waals surface area (Å²) in [5, 5.41) is 3.86. The Labute approximate surface area is 204 Å². The van der Waals surface area contributed by atoms with Gasteiger partial charge in [0, 0.05) is 29.0 Å². The van der Waals surface area contributed by atoms with E-state index in [1.54, 1.807) is 16.7 Å². The fourth-order valence-electron chi connectivity index (χ4n) is 4.06. The van der Waals surface area contributed by atoms with E-state index in [4.69, 9.17) is 4.98 Å². The highest BCUT2D eigenvalue weighted by atomic mass is 32.2. The molecule has 0 spiro atoms. The van der Waals surface area contributed by atoms with Crippen LogP contribution in [0.15, 0.2) is 69.2 Å². The highest BCUT2D eigenvalue weighted by Crippen LogP contribution is 2.41. The number of fused-ring (bicyclic) bond motifs is 1. The zero-order valence-corrected chi connectivity index (χ0v) is 19.7. The van der Waals surface area contributed by atoms with Gasteiger partial charge in [0.2, 0.25) is 0 Å². The van der Waals surface area contributed by atoms with Crippen molar-refractivity contribution in [2.75, 3.05) is 5.32 Å². The van der Waals surface area contributed by atoms with Crippen LogP contribution in [0.3, 0.4) is 0 Å². The smallest absolute Gasteiger partial charge is 0.322 e. The van der Waals surface area contributed by atoms with Crippen LogP contribution >= 0.6 is 11.8 Å². The summed E-state index contributed by atoms with van der Waals surface area (Å²) < 4.78 is 1.63.